The Hall–Kier alpha value is -2.33. The Morgan fingerprint density at radius 3 is 1.40 bits per heavy atom. The minimum atomic E-state index is -4.63. The van der Waals surface area contributed by atoms with Gasteiger partial charge in [-0.1, -0.05) is 197 Å². The van der Waals surface area contributed by atoms with Crippen LogP contribution in [0, 0.1) is 0 Å². The number of phosphoric acid groups is 1. The van der Waals surface area contributed by atoms with E-state index < -0.39 is 45.1 Å². The third kappa shape index (κ3) is 47.5. The molecular formula is C52H94NO9P. The fraction of sp³-hybridized carbons (Fsp3) is 0.769. The van der Waals surface area contributed by atoms with Crippen molar-refractivity contribution in [1.29, 1.82) is 0 Å². The number of rotatable bonds is 48. The normalized spacial score (nSPS) is 14.2. The van der Waals surface area contributed by atoms with Gasteiger partial charge in [-0.05, 0) is 77.0 Å². The van der Waals surface area contributed by atoms with Crippen LogP contribution in [0.25, 0.3) is 0 Å². The lowest BCUT2D eigenvalue weighted by Crippen LogP contribution is -2.34. The van der Waals surface area contributed by atoms with Crippen molar-refractivity contribution in [2.24, 2.45) is 5.73 Å². The number of nitrogens with two attached hydrogens (primary N) is 1. The monoisotopic (exact) mass is 908 g/mol. The van der Waals surface area contributed by atoms with E-state index in [9.17, 15) is 19.0 Å². The molecule has 0 saturated carbocycles. The summed E-state index contributed by atoms with van der Waals surface area (Å²) in [6, 6.07) is -1.48. The second kappa shape index (κ2) is 47.6. The lowest BCUT2D eigenvalue weighted by molar-refractivity contribution is -0.154. The Balaban J connectivity index is 4.16. The molecule has 3 atom stereocenters. The Morgan fingerprint density at radius 2 is 0.921 bits per heavy atom. The molecule has 0 aliphatic carbocycles. The van der Waals surface area contributed by atoms with E-state index >= 15 is 0 Å². The summed E-state index contributed by atoms with van der Waals surface area (Å²) in [5.41, 5.74) is 5.37. The van der Waals surface area contributed by atoms with Crippen molar-refractivity contribution < 1.29 is 42.7 Å². The van der Waals surface area contributed by atoms with Gasteiger partial charge in [0.25, 0.3) is 0 Å². The molecule has 0 radical (unpaired) electrons. The van der Waals surface area contributed by atoms with Crippen LogP contribution in [0.2, 0.25) is 0 Å². The van der Waals surface area contributed by atoms with Crippen molar-refractivity contribution in [2.45, 2.75) is 231 Å². The summed E-state index contributed by atoms with van der Waals surface area (Å²) in [6.07, 6.45) is 58.4. The maximum Gasteiger partial charge on any atom is 0.472 e. The van der Waals surface area contributed by atoms with Crippen molar-refractivity contribution in [2.75, 3.05) is 26.4 Å². The average Bonchev–Trinajstić information content (AvgIpc) is 3.26. The number of hydrogen-bond acceptors (Lipinski definition) is 8. The van der Waals surface area contributed by atoms with Gasteiger partial charge in [0.15, 0.2) is 0 Å². The first-order valence-corrected chi connectivity index (χ1v) is 26.8. The summed E-state index contributed by atoms with van der Waals surface area (Å²) in [5.74, 6) is -1.78. The molecule has 0 bridgehead atoms. The number of aliphatic carboxylic acids is 1. The van der Waals surface area contributed by atoms with Crippen molar-refractivity contribution >= 4 is 19.8 Å². The maximum absolute atomic E-state index is 12.7. The first-order valence-electron chi connectivity index (χ1n) is 25.3. The Labute approximate surface area is 385 Å². The quantitative estimate of drug-likeness (QED) is 0.0233. The first kappa shape index (κ1) is 60.7. The zero-order chi connectivity index (χ0) is 46.2. The molecule has 11 heteroatoms. The fourth-order valence-electron chi connectivity index (χ4n) is 6.88. The topological polar surface area (TPSA) is 155 Å². The van der Waals surface area contributed by atoms with Crippen LogP contribution in [0.15, 0.2) is 60.8 Å². The minimum Gasteiger partial charge on any atom is -0.480 e. The van der Waals surface area contributed by atoms with E-state index in [-0.39, 0.29) is 13.0 Å². The van der Waals surface area contributed by atoms with Gasteiger partial charge in [-0.15, -0.1) is 0 Å². The molecular weight excluding hydrogens is 814 g/mol. The SMILES string of the molecule is CC/C=C\C/C=C\C/C=C\C/C=C\CCCCCCCCCCCOCC(COP(=O)(O)OCC(N)C(=O)O)OC(=O)CCCCCCCCCCC/C=C\CCCCCCCC. The van der Waals surface area contributed by atoms with Gasteiger partial charge in [-0.2, -0.15) is 0 Å². The highest BCUT2D eigenvalue weighted by atomic mass is 31.2. The van der Waals surface area contributed by atoms with Crippen LogP contribution in [0.5, 0.6) is 0 Å². The molecule has 0 spiro atoms. The molecule has 4 N–H and O–H groups in total. The lowest BCUT2D eigenvalue weighted by Gasteiger charge is -2.20. The summed E-state index contributed by atoms with van der Waals surface area (Å²) in [6.45, 7) is 3.77. The van der Waals surface area contributed by atoms with Crippen LogP contribution in [0.1, 0.15) is 219 Å². The second-order valence-corrected chi connectivity index (χ2v) is 18.4. The fourth-order valence-corrected chi connectivity index (χ4v) is 7.66. The number of esters is 1. The molecule has 0 aliphatic rings. The molecule has 0 amide bonds. The van der Waals surface area contributed by atoms with Gasteiger partial charge in [0.05, 0.1) is 19.8 Å². The highest BCUT2D eigenvalue weighted by molar-refractivity contribution is 7.47. The number of ether oxygens (including phenoxy) is 2. The molecule has 0 aromatic heterocycles. The zero-order valence-electron chi connectivity index (χ0n) is 40.2. The minimum absolute atomic E-state index is 0.0107. The molecule has 0 heterocycles. The van der Waals surface area contributed by atoms with Crippen molar-refractivity contribution in [1.82, 2.24) is 0 Å². The van der Waals surface area contributed by atoms with Gasteiger partial charge in [0.2, 0.25) is 0 Å². The van der Waals surface area contributed by atoms with Gasteiger partial charge in [-0.3, -0.25) is 18.6 Å². The van der Waals surface area contributed by atoms with Gasteiger partial charge >= 0.3 is 19.8 Å². The zero-order valence-corrected chi connectivity index (χ0v) is 41.1. The second-order valence-electron chi connectivity index (χ2n) is 16.9. The molecule has 0 rings (SSSR count). The lowest BCUT2D eigenvalue weighted by atomic mass is 10.1. The molecule has 3 unspecified atom stereocenters. The van der Waals surface area contributed by atoms with Crippen molar-refractivity contribution in [3.63, 3.8) is 0 Å². The summed E-state index contributed by atoms with van der Waals surface area (Å²) in [7, 11) is -4.63. The number of carbonyl (C=O) groups is 2. The smallest absolute Gasteiger partial charge is 0.472 e. The molecule has 0 aromatic rings. The molecule has 63 heavy (non-hydrogen) atoms. The van der Waals surface area contributed by atoms with Gasteiger partial charge in [0.1, 0.15) is 12.1 Å². The van der Waals surface area contributed by atoms with E-state index in [2.05, 4.69) is 74.6 Å². The Bertz CT molecular complexity index is 1230. The molecule has 0 aliphatic heterocycles. The van der Waals surface area contributed by atoms with Crippen LogP contribution in [0.4, 0.5) is 0 Å². The van der Waals surface area contributed by atoms with E-state index in [0.29, 0.717) is 13.0 Å². The van der Waals surface area contributed by atoms with Gasteiger partial charge < -0.3 is 25.2 Å². The van der Waals surface area contributed by atoms with Gasteiger partial charge in [-0.25, -0.2) is 4.57 Å². The molecule has 0 fully saturated rings. The van der Waals surface area contributed by atoms with E-state index in [1.165, 1.54) is 122 Å². The Morgan fingerprint density at radius 1 is 0.524 bits per heavy atom. The summed E-state index contributed by atoms with van der Waals surface area (Å²) >= 11 is 0. The number of unbranched alkanes of at least 4 members (excludes halogenated alkanes) is 24. The predicted octanol–water partition coefficient (Wildman–Crippen LogP) is 14.8. The van der Waals surface area contributed by atoms with E-state index in [1.54, 1.807) is 0 Å². The van der Waals surface area contributed by atoms with E-state index in [0.717, 1.165) is 70.6 Å². The van der Waals surface area contributed by atoms with Crippen LogP contribution in [-0.2, 0) is 32.7 Å². The molecule has 10 nitrogen and oxygen atoms in total. The van der Waals surface area contributed by atoms with Crippen molar-refractivity contribution in [3.05, 3.63) is 60.8 Å². The molecule has 0 saturated heterocycles. The van der Waals surface area contributed by atoms with E-state index in [4.69, 9.17) is 29.4 Å². The predicted molar refractivity (Wildman–Crippen MR) is 263 cm³/mol. The number of phosphoric ester groups is 1. The average molecular weight is 908 g/mol. The van der Waals surface area contributed by atoms with Crippen LogP contribution in [-0.4, -0.2) is 60.5 Å². The highest BCUT2D eigenvalue weighted by Gasteiger charge is 2.27. The number of allylic oxidation sites excluding steroid dienone is 10. The summed E-state index contributed by atoms with van der Waals surface area (Å²) in [5, 5.41) is 8.93. The number of carboxylic acids is 1. The largest absolute Gasteiger partial charge is 0.480 e. The Kier molecular flexibility index (Phi) is 45.9. The third-order valence-electron chi connectivity index (χ3n) is 10.8. The first-order chi connectivity index (χ1) is 30.7. The third-order valence-corrected chi connectivity index (χ3v) is 11.7. The van der Waals surface area contributed by atoms with E-state index in [1.807, 2.05) is 0 Å². The standard InChI is InChI=1S/C52H94NO9P/c1-3-5-7-9-11-13-15-17-19-21-23-24-25-27-29-31-33-35-37-39-41-43-45-59-46-49(47-60-63(57,58)61-48-50(53)52(55)56)62-51(54)44-42-40-38-36-34-32-30-28-26-22-20-18-16-14-12-10-8-6-4-2/h5,7,11,13,17-20,23-24,49-50H,3-4,6,8-10,12,14-16,21-22,25-48,53H2,1-2H3,(H,55,56)(H,57,58)/b7-5-,13-11-,19-17-,20-18-,24-23-. The van der Waals surface area contributed by atoms with Crippen molar-refractivity contribution in [3.8, 4) is 0 Å². The van der Waals surface area contributed by atoms with Gasteiger partial charge in [0, 0.05) is 13.0 Å². The van der Waals surface area contributed by atoms with Crippen LogP contribution < -0.4 is 5.73 Å². The number of carbonyl (C=O) groups excluding carboxylic acids is 1. The maximum atomic E-state index is 12.7. The number of hydrogen-bond donors (Lipinski definition) is 3. The van der Waals surface area contributed by atoms with Crippen LogP contribution in [0.3, 0.4) is 0 Å². The summed E-state index contributed by atoms with van der Waals surface area (Å²) < 4.78 is 33.5. The highest BCUT2D eigenvalue weighted by Crippen LogP contribution is 2.43. The molecule has 366 valence electrons. The van der Waals surface area contributed by atoms with Crippen LogP contribution >= 0.6 is 7.82 Å². The summed E-state index contributed by atoms with van der Waals surface area (Å²) in [4.78, 5) is 33.7. The number of carboxylic acid groups (broad SMARTS) is 1. The molecule has 0 aromatic carbocycles.